The van der Waals surface area contributed by atoms with Crippen LogP contribution in [0.15, 0.2) is 42.5 Å². The van der Waals surface area contributed by atoms with E-state index in [1.807, 2.05) is 13.0 Å². The number of nitro groups is 1. The van der Waals surface area contributed by atoms with Crippen molar-refractivity contribution in [3.63, 3.8) is 0 Å². The van der Waals surface area contributed by atoms with Crippen molar-refractivity contribution in [1.29, 1.82) is 0 Å². The Morgan fingerprint density at radius 2 is 1.89 bits per heavy atom. The highest BCUT2D eigenvalue weighted by molar-refractivity contribution is 5.73. The lowest BCUT2D eigenvalue weighted by atomic mass is 9.98. The number of nitro benzene ring substituents is 1. The first-order valence-corrected chi connectivity index (χ1v) is 8.61. The summed E-state index contributed by atoms with van der Waals surface area (Å²) < 4.78 is 16.2. The van der Waals surface area contributed by atoms with Crippen LogP contribution in [0.1, 0.15) is 23.6 Å². The summed E-state index contributed by atoms with van der Waals surface area (Å²) in [7, 11) is 0. The Labute approximate surface area is 161 Å². The molecule has 1 heterocycles. The van der Waals surface area contributed by atoms with Gasteiger partial charge in [0.15, 0.2) is 5.60 Å². The number of epoxide rings is 1. The standard InChI is InChI=1S/C20H19NO7/c1-13-3-8-17(18(9-13)28-14(2)22)20(12-27-20)11-26-19(23)10-15-4-6-16(7-5-15)21(24)25/h3-9H,10-12H2,1-2H3. The van der Waals surface area contributed by atoms with Crippen LogP contribution in [0.25, 0.3) is 0 Å². The third-order valence-electron chi connectivity index (χ3n) is 4.34. The van der Waals surface area contributed by atoms with Crippen molar-refractivity contribution in [2.24, 2.45) is 0 Å². The van der Waals surface area contributed by atoms with Crippen LogP contribution < -0.4 is 4.74 Å². The highest BCUT2D eigenvalue weighted by Crippen LogP contribution is 2.44. The van der Waals surface area contributed by atoms with Crippen LogP contribution in [0, 0.1) is 17.0 Å². The molecule has 0 bridgehead atoms. The summed E-state index contributed by atoms with van der Waals surface area (Å²) in [6.07, 6.45) is -0.0151. The van der Waals surface area contributed by atoms with Crippen LogP contribution >= 0.6 is 0 Å². The minimum atomic E-state index is -0.830. The topological polar surface area (TPSA) is 108 Å². The van der Waals surface area contributed by atoms with Crippen molar-refractivity contribution < 1.29 is 28.7 Å². The number of hydrogen-bond donors (Lipinski definition) is 0. The molecule has 8 heteroatoms. The van der Waals surface area contributed by atoms with Crippen LogP contribution in [-0.2, 0) is 31.1 Å². The Balaban J connectivity index is 1.65. The maximum Gasteiger partial charge on any atom is 0.310 e. The maximum absolute atomic E-state index is 12.2. The summed E-state index contributed by atoms with van der Waals surface area (Å²) in [4.78, 5) is 33.7. The molecule has 1 aliphatic heterocycles. The molecule has 1 saturated heterocycles. The van der Waals surface area contributed by atoms with Gasteiger partial charge in [-0.3, -0.25) is 19.7 Å². The third kappa shape index (κ3) is 4.52. The van der Waals surface area contributed by atoms with Gasteiger partial charge in [-0.1, -0.05) is 24.3 Å². The zero-order valence-corrected chi connectivity index (χ0v) is 15.5. The smallest absolute Gasteiger partial charge is 0.310 e. The lowest BCUT2D eigenvalue weighted by molar-refractivity contribution is -0.384. The number of hydrogen-bond acceptors (Lipinski definition) is 7. The van der Waals surface area contributed by atoms with Crippen molar-refractivity contribution in [3.05, 3.63) is 69.3 Å². The number of carbonyl (C=O) groups excluding carboxylic acids is 2. The van der Waals surface area contributed by atoms with Gasteiger partial charge in [0.25, 0.3) is 5.69 Å². The van der Waals surface area contributed by atoms with E-state index in [4.69, 9.17) is 14.2 Å². The monoisotopic (exact) mass is 385 g/mol. The minimum absolute atomic E-state index is 0.0151. The summed E-state index contributed by atoms with van der Waals surface area (Å²) in [6.45, 7) is 3.52. The molecule has 0 radical (unpaired) electrons. The van der Waals surface area contributed by atoms with Gasteiger partial charge in [0.05, 0.1) is 18.0 Å². The lowest BCUT2D eigenvalue weighted by Crippen LogP contribution is -2.22. The molecule has 0 amide bonds. The summed E-state index contributed by atoms with van der Waals surface area (Å²) in [5.41, 5.74) is 1.31. The highest BCUT2D eigenvalue weighted by Gasteiger charge is 2.50. The highest BCUT2D eigenvalue weighted by atomic mass is 16.6. The van der Waals surface area contributed by atoms with Gasteiger partial charge in [0.1, 0.15) is 12.4 Å². The molecule has 1 fully saturated rings. The van der Waals surface area contributed by atoms with Crippen molar-refractivity contribution in [2.75, 3.05) is 13.2 Å². The van der Waals surface area contributed by atoms with Gasteiger partial charge in [-0.2, -0.15) is 0 Å². The zero-order chi connectivity index (χ0) is 20.3. The molecular weight excluding hydrogens is 366 g/mol. The number of esters is 2. The van der Waals surface area contributed by atoms with Crippen LogP contribution in [0.4, 0.5) is 5.69 Å². The van der Waals surface area contributed by atoms with E-state index in [1.165, 1.54) is 31.2 Å². The molecule has 0 aliphatic carbocycles. The molecule has 146 valence electrons. The van der Waals surface area contributed by atoms with Crippen LogP contribution in [-0.4, -0.2) is 30.1 Å². The van der Waals surface area contributed by atoms with Gasteiger partial charge in [-0.25, -0.2) is 0 Å². The lowest BCUT2D eigenvalue weighted by Gasteiger charge is -2.17. The fraction of sp³-hybridized carbons (Fsp3) is 0.300. The first kappa shape index (κ1) is 19.5. The molecule has 1 atom stereocenters. The number of carbonyl (C=O) groups is 2. The number of aryl methyl sites for hydroxylation is 1. The molecule has 0 saturated carbocycles. The molecule has 8 nitrogen and oxygen atoms in total. The maximum atomic E-state index is 12.2. The Morgan fingerprint density at radius 1 is 1.21 bits per heavy atom. The van der Waals surface area contributed by atoms with E-state index in [9.17, 15) is 19.7 Å². The average Bonchev–Trinajstić information content (AvgIpc) is 3.41. The molecule has 1 aliphatic rings. The summed E-state index contributed by atoms with van der Waals surface area (Å²) in [5.74, 6) is -0.542. The van der Waals surface area contributed by atoms with E-state index in [1.54, 1.807) is 12.1 Å². The summed E-state index contributed by atoms with van der Waals surface area (Å²) >= 11 is 0. The summed E-state index contributed by atoms with van der Waals surface area (Å²) in [6, 6.07) is 11.1. The van der Waals surface area contributed by atoms with E-state index in [2.05, 4.69) is 0 Å². The quantitative estimate of drug-likeness (QED) is 0.237. The SMILES string of the molecule is CC(=O)Oc1cc(C)ccc1C1(COC(=O)Cc2ccc([N+](=O)[O-])cc2)CO1. The van der Waals surface area contributed by atoms with Gasteiger partial charge in [-0.05, 0) is 24.1 Å². The van der Waals surface area contributed by atoms with Crippen LogP contribution in [0.5, 0.6) is 5.75 Å². The molecule has 1 unspecified atom stereocenters. The largest absolute Gasteiger partial charge is 0.462 e. The summed E-state index contributed by atoms with van der Waals surface area (Å²) in [5, 5.41) is 10.7. The predicted molar refractivity (Wildman–Crippen MR) is 97.9 cm³/mol. The van der Waals surface area contributed by atoms with Crippen molar-refractivity contribution >= 4 is 17.6 Å². The Bertz CT molecular complexity index is 917. The second-order valence-electron chi connectivity index (χ2n) is 6.64. The molecule has 0 N–H and O–H groups in total. The Kier molecular flexibility index (Phi) is 5.41. The van der Waals surface area contributed by atoms with Gasteiger partial charge < -0.3 is 14.2 Å². The molecule has 0 spiro atoms. The number of rotatable bonds is 7. The van der Waals surface area contributed by atoms with Crippen molar-refractivity contribution in [3.8, 4) is 5.75 Å². The fourth-order valence-corrected chi connectivity index (χ4v) is 2.80. The average molecular weight is 385 g/mol. The molecular formula is C20H19NO7. The van der Waals surface area contributed by atoms with Crippen molar-refractivity contribution in [1.82, 2.24) is 0 Å². The van der Waals surface area contributed by atoms with Gasteiger partial charge in [-0.15, -0.1) is 0 Å². The molecule has 2 aromatic carbocycles. The third-order valence-corrected chi connectivity index (χ3v) is 4.34. The van der Waals surface area contributed by atoms with Crippen LogP contribution in [0.3, 0.4) is 0 Å². The second-order valence-corrected chi connectivity index (χ2v) is 6.64. The van der Waals surface area contributed by atoms with E-state index < -0.39 is 22.5 Å². The van der Waals surface area contributed by atoms with Crippen molar-refractivity contribution in [2.45, 2.75) is 25.9 Å². The van der Waals surface area contributed by atoms with Crippen LogP contribution in [0.2, 0.25) is 0 Å². The van der Waals surface area contributed by atoms with E-state index in [-0.39, 0.29) is 18.7 Å². The first-order chi connectivity index (χ1) is 13.3. The first-order valence-electron chi connectivity index (χ1n) is 8.61. The minimum Gasteiger partial charge on any atom is -0.462 e. The fourth-order valence-electron chi connectivity index (χ4n) is 2.80. The van der Waals surface area contributed by atoms with Gasteiger partial charge >= 0.3 is 11.9 Å². The number of benzene rings is 2. The number of non-ortho nitro benzene ring substituents is 1. The molecule has 3 rings (SSSR count). The van der Waals surface area contributed by atoms with Gasteiger partial charge in [0.2, 0.25) is 0 Å². The van der Waals surface area contributed by atoms with Gasteiger partial charge in [0, 0.05) is 24.6 Å². The number of nitrogens with zero attached hydrogens (tertiary/aromatic N) is 1. The normalized spacial score (nSPS) is 17.6. The number of ether oxygens (including phenoxy) is 3. The Morgan fingerprint density at radius 3 is 2.46 bits per heavy atom. The second kappa shape index (κ2) is 7.77. The molecule has 2 aromatic rings. The van der Waals surface area contributed by atoms with E-state index in [0.29, 0.717) is 23.5 Å². The predicted octanol–water partition coefficient (Wildman–Crippen LogP) is 2.84. The zero-order valence-electron chi connectivity index (χ0n) is 15.5. The molecule has 28 heavy (non-hydrogen) atoms. The van der Waals surface area contributed by atoms with E-state index >= 15 is 0 Å². The van der Waals surface area contributed by atoms with E-state index in [0.717, 1.165) is 5.56 Å². The Hall–Kier alpha value is -3.26. The molecule has 0 aromatic heterocycles.